The van der Waals surface area contributed by atoms with Crippen molar-refractivity contribution in [3.8, 4) is 12.3 Å². The van der Waals surface area contributed by atoms with Crippen LogP contribution in [0.4, 0.5) is 5.82 Å². The zero-order chi connectivity index (χ0) is 17.5. The highest BCUT2D eigenvalue weighted by Crippen LogP contribution is 2.37. The number of amides is 1. The minimum Gasteiger partial charge on any atom is -0.368 e. The van der Waals surface area contributed by atoms with E-state index in [9.17, 15) is 4.79 Å². The number of nitrogens with one attached hydrogen (secondary N) is 2. The zero-order valence-electron chi connectivity index (χ0n) is 13.9. The molecule has 2 aromatic rings. The Balaban J connectivity index is 1.38. The van der Waals surface area contributed by atoms with Crippen molar-refractivity contribution >= 4 is 22.6 Å². The van der Waals surface area contributed by atoms with Crippen LogP contribution in [0.5, 0.6) is 0 Å². The summed E-state index contributed by atoms with van der Waals surface area (Å²) in [5.41, 5.74) is 0.486. The van der Waals surface area contributed by atoms with Gasteiger partial charge in [0.25, 0.3) is 0 Å². The van der Waals surface area contributed by atoms with E-state index in [0.717, 1.165) is 23.1 Å². The van der Waals surface area contributed by atoms with E-state index in [1.165, 1.54) is 6.33 Å². The van der Waals surface area contributed by atoms with Crippen LogP contribution >= 0.6 is 0 Å². The van der Waals surface area contributed by atoms with Gasteiger partial charge >= 0.3 is 0 Å². The molecule has 7 heteroatoms. The zero-order valence-corrected chi connectivity index (χ0v) is 13.9. The second-order valence-electron chi connectivity index (χ2n) is 5.90. The number of carbonyl (C=O) groups excluding carboxylic acids is 1. The molecule has 1 aromatic heterocycles. The van der Waals surface area contributed by atoms with Crippen LogP contribution in [-0.4, -0.2) is 34.6 Å². The quantitative estimate of drug-likeness (QED) is 0.544. The molecule has 0 saturated heterocycles. The molecule has 1 aliphatic heterocycles. The standard InChI is InChI=1S/C18H20N6O/c1-2-3-9-18(23-24-18)10-8-16(25)19-11-12-20-17-14-6-4-5-7-15(14)21-13-22-17/h1,4-7,13H,3,8-12H2,(H,19,25)(H,20,21,22). The number of terminal acetylenes is 1. The molecule has 1 amide bonds. The fourth-order valence-electron chi connectivity index (χ4n) is 2.60. The summed E-state index contributed by atoms with van der Waals surface area (Å²) in [7, 11) is 0. The van der Waals surface area contributed by atoms with E-state index in [-0.39, 0.29) is 5.91 Å². The van der Waals surface area contributed by atoms with E-state index in [1.54, 1.807) is 0 Å². The lowest BCUT2D eigenvalue weighted by Gasteiger charge is -2.10. The second-order valence-corrected chi connectivity index (χ2v) is 5.90. The van der Waals surface area contributed by atoms with Crippen molar-refractivity contribution in [2.24, 2.45) is 10.2 Å². The molecule has 1 aliphatic rings. The summed E-state index contributed by atoms with van der Waals surface area (Å²) in [6, 6.07) is 7.79. The monoisotopic (exact) mass is 336 g/mol. The molecule has 0 atom stereocenters. The van der Waals surface area contributed by atoms with Gasteiger partial charge in [-0.2, -0.15) is 10.2 Å². The molecule has 0 bridgehead atoms. The second kappa shape index (κ2) is 7.71. The lowest BCUT2D eigenvalue weighted by molar-refractivity contribution is -0.121. The van der Waals surface area contributed by atoms with Gasteiger partial charge in [0.05, 0.1) is 5.52 Å². The predicted molar refractivity (Wildman–Crippen MR) is 95.9 cm³/mol. The number of aromatic nitrogens is 2. The van der Waals surface area contributed by atoms with Crippen LogP contribution < -0.4 is 10.6 Å². The Hall–Kier alpha value is -3.01. The minimum atomic E-state index is -0.401. The van der Waals surface area contributed by atoms with Crippen LogP contribution in [0.1, 0.15) is 25.7 Å². The van der Waals surface area contributed by atoms with Crippen LogP contribution in [0.25, 0.3) is 10.9 Å². The van der Waals surface area contributed by atoms with Crippen LogP contribution in [-0.2, 0) is 4.79 Å². The molecule has 25 heavy (non-hydrogen) atoms. The van der Waals surface area contributed by atoms with Gasteiger partial charge in [0.15, 0.2) is 5.66 Å². The molecule has 0 radical (unpaired) electrons. The van der Waals surface area contributed by atoms with Crippen molar-refractivity contribution in [3.63, 3.8) is 0 Å². The molecule has 1 aromatic carbocycles. The third-order valence-corrected chi connectivity index (χ3v) is 4.09. The average Bonchev–Trinajstić information content (AvgIpc) is 3.42. The van der Waals surface area contributed by atoms with Crippen LogP contribution in [0.3, 0.4) is 0 Å². The molecular formula is C18H20N6O. The predicted octanol–water partition coefficient (Wildman–Crippen LogP) is 2.51. The molecule has 0 fully saturated rings. The van der Waals surface area contributed by atoms with Gasteiger partial charge < -0.3 is 10.6 Å². The summed E-state index contributed by atoms with van der Waals surface area (Å²) >= 11 is 0. The maximum absolute atomic E-state index is 11.9. The number of fused-ring (bicyclic) bond motifs is 1. The fraction of sp³-hybridized carbons (Fsp3) is 0.389. The first-order valence-electron chi connectivity index (χ1n) is 8.30. The Morgan fingerprint density at radius 3 is 2.80 bits per heavy atom. The molecule has 3 rings (SSSR count). The Morgan fingerprint density at radius 2 is 2.00 bits per heavy atom. The number of anilines is 1. The Kier molecular flexibility index (Phi) is 5.19. The SMILES string of the molecule is C#CCCC1(CCC(=O)NCCNc2ncnc3ccccc23)N=N1. The summed E-state index contributed by atoms with van der Waals surface area (Å²) in [6.07, 6.45) is 9.15. The first-order chi connectivity index (χ1) is 12.2. The number of hydrogen-bond acceptors (Lipinski definition) is 6. The highest BCUT2D eigenvalue weighted by atomic mass is 16.1. The largest absolute Gasteiger partial charge is 0.368 e. The maximum Gasteiger partial charge on any atom is 0.220 e. The molecule has 128 valence electrons. The van der Waals surface area contributed by atoms with Crippen LogP contribution in [0, 0.1) is 12.3 Å². The summed E-state index contributed by atoms with van der Waals surface area (Å²) in [4.78, 5) is 20.4. The van der Waals surface area contributed by atoms with Crippen molar-refractivity contribution in [3.05, 3.63) is 30.6 Å². The molecule has 0 unspecified atom stereocenters. The van der Waals surface area contributed by atoms with Crippen molar-refractivity contribution < 1.29 is 4.79 Å². The Labute approximate surface area is 146 Å². The highest BCUT2D eigenvalue weighted by molar-refractivity contribution is 5.88. The van der Waals surface area contributed by atoms with Gasteiger partial charge in [0, 0.05) is 44.2 Å². The molecule has 2 N–H and O–H groups in total. The summed E-state index contributed by atoms with van der Waals surface area (Å²) in [5.74, 6) is 3.34. The van der Waals surface area contributed by atoms with Gasteiger partial charge in [-0.1, -0.05) is 12.1 Å². The van der Waals surface area contributed by atoms with Crippen molar-refractivity contribution in [2.45, 2.75) is 31.3 Å². The van der Waals surface area contributed by atoms with E-state index in [2.05, 4.69) is 36.8 Å². The van der Waals surface area contributed by atoms with Gasteiger partial charge in [-0.05, 0) is 12.1 Å². The topological polar surface area (TPSA) is 91.6 Å². The lowest BCUT2D eigenvalue weighted by Crippen LogP contribution is -2.29. The summed E-state index contributed by atoms with van der Waals surface area (Å²) < 4.78 is 0. The molecule has 7 nitrogen and oxygen atoms in total. The van der Waals surface area contributed by atoms with Crippen molar-refractivity contribution in [2.75, 3.05) is 18.4 Å². The normalized spacial score (nSPS) is 14.0. The van der Waals surface area contributed by atoms with Gasteiger partial charge in [-0.25, -0.2) is 9.97 Å². The van der Waals surface area contributed by atoms with Crippen LogP contribution in [0.2, 0.25) is 0 Å². The maximum atomic E-state index is 11.9. The minimum absolute atomic E-state index is 0.00766. The van der Waals surface area contributed by atoms with E-state index >= 15 is 0 Å². The molecule has 0 aliphatic carbocycles. The van der Waals surface area contributed by atoms with Crippen molar-refractivity contribution in [1.29, 1.82) is 0 Å². The summed E-state index contributed by atoms with van der Waals surface area (Å²) in [6.45, 7) is 1.10. The van der Waals surface area contributed by atoms with E-state index < -0.39 is 5.66 Å². The van der Waals surface area contributed by atoms with Gasteiger partial charge in [-0.3, -0.25) is 4.79 Å². The molecule has 2 heterocycles. The number of para-hydroxylation sites is 1. The van der Waals surface area contributed by atoms with Crippen LogP contribution in [0.15, 0.2) is 40.8 Å². The van der Waals surface area contributed by atoms with Gasteiger partial charge in [-0.15, -0.1) is 12.3 Å². The number of hydrogen-bond donors (Lipinski definition) is 2. The first-order valence-corrected chi connectivity index (χ1v) is 8.30. The first kappa shape index (κ1) is 16.8. The van der Waals surface area contributed by atoms with Gasteiger partial charge in [0.2, 0.25) is 5.91 Å². The molecular weight excluding hydrogens is 316 g/mol. The Bertz CT molecular complexity index is 814. The van der Waals surface area contributed by atoms with E-state index in [0.29, 0.717) is 32.4 Å². The number of benzene rings is 1. The number of nitrogens with zero attached hydrogens (tertiary/aromatic N) is 4. The molecule has 0 saturated carbocycles. The van der Waals surface area contributed by atoms with E-state index in [4.69, 9.17) is 6.42 Å². The van der Waals surface area contributed by atoms with E-state index in [1.807, 2.05) is 24.3 Å². The van der Waals surface area contributed by atoms with Crippen molar-refractivity contribution in [1.82, 2.24) is 15.3 Å². The lowest BCUT2D eigenvalue weighted by atomic mass is 10.0. The Morgan fingerprint density at radius 1 is 1.16 bits per heavy atom. The summed E-state index contributed by atoms with van der Waals surface area (Å²) in [5, 5.41) is 15.1. The number of carbonyl (C=O) groups is 1. The highest BCUT2D eigenvalue weighted by Gasteiger charge is 2.39. The number of rotatable bonds is 9. The molecule has 0 spiro atoms. The van der Waals surface area contributed by atoms with Gasteiger partial charge in [0.1, 0.15) is 12.1 Å². The third-order valence-electron chi connectivity index (χ3n) is 4.09. The smallest absolute Gasteiger partial charge is 0.220 e. The average molecular weight is 336 g/mol. The third kappa shape index (κ3) is 4.51. The fourth-order valence-corrected chi connectivity index (χ4v) is 2.60.